The van der Waals surface area contributed by atoms with Gasteiger partial charge in [-0.05, 0) is 23.3 Å². The average molecular weight is 304 g/mol. The fourth-order valence-electron chi connectivity index (χ4n) is 2.07. The molecular weight excluding hydrogens is 286 g/mol. The number of nitrogens with zero attached hydrogens (tertiary/aromatic N) is 1. The van der Waals surface area contributed by atoms with Gasteiger partial charge in [0.15, 0.2) is 0 Å². The number of amides is 1. The van der Waals surface area contributed by atoms with Gasteiger partial charge < -0.3 is 9.64 Å². The van der Waals surface area contributed by atoms with Crippen LogP contribution in [0.4, 0.5) is 0 Å². The van der Waals surface area contributed by atoms with Crippen molar-refractivity contribution in [2.75, 3.05) is 13.0 Å². The van der Waals surface area contributed by atoms with Crippen molar-refractivity contribution in [1.29, 1.82) is 0 Å². The molecule has 3 nitrogen and oxygen atoms in total. The number of rotatable bonds is 6. The SMILES string of the molecule is COc1ccc(CN(Cc2ccccc2)C(=O)CCl)cc1. The summed E-state index contributed by atoms with van der Waals surface area (Å²) in [6.07, 6.45) is 0. The molecule has 0 atom stereocenters. The highest BCUT2D eigenvalue weighted by atomic mass is 35.5. The molecule has 0 heterocycles. The minimum Gasteiger partial charge on any atom is -0.497 e. The van der Waals surface area contributed by atoms with Crippen molar-refractivity contribution in [3.63, 3.8) is 0 Å². The van der Waals surface area contributed by atoms with E-state index in [0.717, 1.165) is 16.9 Å². The molecule has 0 bridgehead atoms. The van der Waals surface area contributed by atoms with Gasteiger partial charge >= 0.3 is 0 Å². The number of hydrogen-bond donors (Lipinski definition) is 0. The molecule has 4 heteroatoms. The molecular formula is C17H18ClNO2. The quantitative estimate of drug-likeness (QED) is 0.765. The van der Waals surface area contributed by atoms with Gasteiger partial charge in [0.25, 0.3) is 0 Å². The zero-order valence-electron chi connectivity index (χ0n) is 12.0. The smallest absolute Gasteiger partial charge is 0.238 e. The predicted molar refractivity (Wildman–Crippen MR) is 84.4 cm³/mol. The minimum absolute atomic E-state index is 0.0109. The number of hydrogen-bond acceptors (Lipinski definition) is 2. The van der Waals surface area contributed by atoms with Gasteiger partial charge in [-0.1, -0.05) is 42.5 Å². The predicted octanol–water partition coefficient (Wildman–Crippen LogP) is 3.46. The number of carbonyl (C=O) groups excluding carboxylic acids is 1. The van der Waals surface area contributed by atoms with Crippen LogP contribution in [0, 0.1) is 0 Å². The van der Waals surface area contributed by atoms with Crippen LogP contribution < -0.4 is 4.74 Å². The molecule has 0 unspecified atom stereocenters. The van der Waals surface area contributed by atoms with Gasteiger partial charge in [-0.3, -0.25) is 4.79 Å². The third-order valence-electron chi connectivity index (χ3n) is 3.22. The van der Waals surface area contributed by atoms with Crippen LogP contribution in [0.1, 0.15) is 11.1 Å². The Balaban J connectivity index is 2.10. The summed E-state index contributed by atoms with van der Waals surface area (Å²) in [5.41, 5.74) is 2.13. The van der Waals surface area contributed by atoms with Crippen LogP contribution in [0.2, 0.25) is 0 Å². The van der Waals surface area contributed by atoms with Gasteiger partial charge in [0.1, 0.15) is 11.6 Å². The Kier molecular flexibility index (Phi) is 5.64. The Hall–Kier alpha value is -2.00. The summed E-state index contributed by atoms with van der Waals surface area (Å²) in [7, 11) is 1.63. The van der Waals surface area contributed by atoms with Crippen LogP contribution in [0.3, 0.4) is 0 Å². The number of benzene rings is 2. The van der Waals surface area contributed by atoms with E-state index in [1.54, 1.807) is 12.0 Å². The summed E-state index contributed by atoms with van der Waals surface area (Å²) >= 11 is 5.72. The second-order valence-electron chi connectivity index (χ2n) is 4.72. The summed E-state index contributed by atoms with van der Waals surface area (Å²) in [5, 5.41) is 0. The van der Waals surface area contributed by atoms with Crippen molar-refractivity contribution in [3.05, 3.63) is 65.7 Å². The van der Waals surface area contributed by atoms with Gasteiger partial charge in [-0.15, -0.1) is 11.6 Å². The van der Waals surface area contributed by atoms with Crippen molar-refractivity contribution in [2.45, 2.75) is 13.1 Å². The number of alkyl halides is 1. The minimum atomic E-state index is -0.0728. The van der Waals surface area contributed by atoms with E-state index >= 15 is 0 Å². The fraction of sp³-hybridized carbons (Fsp3) is 0.235. The van der Waals surface area contributed by atoms with E-state index in [2.05, 4.69) is 0 Å². The molecule has 0 aromatic heterocycles. The van der Waals surface area contributed by atoms with E-state index in [1.165, 1.54) is 0 Å². The highest BCUT2D eigenvalue weighted by molar-refractivity contribution is 6.27. The van der Waals surface area contributed by atoms with Crippen LogP contribution in [-0.4, -0.2) is 23.8 Å². The maximum absolute atomic E-state index is 12.0. The lowest BCUT2D eigenvalue weighted by Gasteiger charge is -2.22. The fourth-order valence-corrected chi connectivity index (χ4v) is 2.24. The number of ether oxygens (including phenoxy) is 1. The molecule has 2 aromatic carbocycles. The van der Waals surface area contributed by atoms with Gasteiger partial charge in [0.2, 0.25) is 5.91 Å². The number of halogens is 1. The maximum atomic E-state index is 12.0. The molecule has 2 rings (SSSR count). The van der Waals surface area contributed by atoms with Gasteiger partial charge in [-0.25, -0.2) is 0 Å². The third kappa shape index (κ3) is 4.50. The maximum Gasteiger partial charge on any atom is 0.238 e. The zero-order valence-corrected chi connectivity index (χ0v) is 12.7. The standard InChI is InChI=1S/C17H18ClNO2/c1-21-16-9-7-15(8-10-16)13-19(17(20)11-18)12-14-5-3-2-4-6-14/h2-10H,11-13H2,1H3. The van der Waals surface area contributed by atoms with Crippen LogP contribution in [-0.2, 0) is 17.9 Å². The van der Waals surface area contributed by atoms with Crippen molar-refractivity contribution in [2.24, 2.45) is 0 Å². The Morgan fingerprint density at radius 1 is 1.00 bits per heavy atom. The molecule has 0 saturated heterocycles. The Morgan fingerprint density at radius 3 is 2.10 bits per heavy atom. The van der Waals surface area contributed by atoms with Crippen molar-refractivity contribution < 1.29 is 9.53 Å². The first-order chi connectivity index (χ1) is 10.2. The van der Waals surface area contributed by atoms with Gasteiger partial charge in [0, 0.05) is 13.1 Å². The van der Waals surface area contributed by atoms with Crippen LogP contribution >= 0.6 is 11.6 Å². The Morgan fingerprint density at radius 2 is 1.57 bits per heavy atom. The molecule has 0 aliphatic heterocycles. The summed E-state index contributed by atoms with van der Waals surface area (Å²) < 4.78 is 5.14. The second-order valence-corrected chi connectivity index (χ2v) is 4.98. The molecule has 0 radical (unpaired) electrons. The van der Waals surface area contributed by atoms with E-state index in [0.29, 0.717) is 13.1 Å². The molecule has 0 N–H and O–H groups in total. The van der Waals surface area contributed by atoms with E-state index in [4.69, 9.17) is 16.3 Å². The van der Waals surface area contributed by atoms with Crippen LogP contribution in [0.25, 0.3) is 0 Å². The average Bonchev–Trinajstić information content (AvgIpc) is 2.55. The first-order valence-electron chi connectivity index (χ1n) is 6.73. The number of carbonyl (C=O) groups is 1. The molecule has 2 aromatic rings. The van der Waals surface area contributed by atoms with E-state index in [1.807, 2.05) is 54.6 Å². The molecule has 0 saturated carbocycles. The van der Waals surface area contributed by atoms with Gasteiger partial charge in [-0.2, -0.15) is 0 Å². The monoisotopic (exact) mass is 303 g/mol. The lowest BCUT2D eigenvalue weighted by Crippen LogP contribution is -2.31. The summed E-state index contributed by atoms with van der Waals surface area (Å²) in [6, 6.07) is 17.6. The van der Waals surface area contributed by atoms with E-state index < -0.39 is 0 Å². The van der Waals surface area contributed by atoms with Crippen LogP contribution in [0.15, 0.2) is 54.6 Å². The van der Waals surface area contributed by atoms with E-state index in [9.17, 15) is 4.79 Å². The lowest BCUT2D eigenvalue weighted by molar-refractivity contribution is -0.129. The summed E-state index contributed by atoms with van der Waals surface area (Å²) in [5.74, 6) is 0.719. The first kappa shape index (κ1) is 15.4. The Bertz CT molecular complexity index is 569. The molecule has 21 heavy (non-hydrogen) atoms. The molecule has 0 aliphatic carbocycles. The Labute approximate surface area is 130 Å². The van der Waals surface area contributed by atoms with Crippen molar-refractivity contribution >= 4 is 17.5 Å². The topological polar surface area (TPSA) is 29.5 Å². The molecule has 1 amide bonds. The van der Waals surface area contributed by atoms with Gasteiger partial charge in [0.05, 0.1) is 7.11 Å². The molecule has 110 valence electrons. The lowest BCUT2D eigenvalue weighted by atomic mass is 10.1. The summed E-state index contributed by atoms with van der Waals surface area (Å²) in [4.78, 5) is 13.8. The second kappa shape index (κ2) is 7.70. The summed E-state index contributed by atoms with van der Waals surface area (Å²) in [6.45, 7) is 1.09. The number of methoxy groups -OCH3 is 1. The van der Waals surface area contributed by atoms with Crippen LogP contribution in [0.5, 0.6) is 5.75 Å². The first-order valence-corrected chi connectivity index (χ1v) is 7.27. The molecule has 0 aliphatic rings. The van der Waals surface area contributed by atoms with Crippen molar-refractivity contribution in [3.8, 4) is 5.75 Å². The highest BCUT2D eigenvalue weighted by Crippen LogP contribution is 2.15. The molecule has 0 spiro atoms. The normalized spacial score (nSPS) is 10.2. The molecule has 0 fully saturated rings. The third-order valence-corrected chi connectivity index (χ3v) is 3.44. The highest BCUT2D eigenvalue weighted by Gasteiger charge is 2.13. The zero-order chi connectivity index (χ0) is 15.1. The van der Waals surface area contributed by atoms with E-state index in [-0.39, 0.29) is 11.8 Å². The largest absolute Gasteiger partial charge is 0.497 e. The van der Waals surface area contributed by atoms with Crippen molar-refractivity contribution in [1.82, 2.24) is 4.90 Å².